The van der Waals surface area contributed by atoms with Crippen molar-refractivity contribution in [3.8, 4) is 22.6 Å². The zero-order valence-electron chi connectivity index (χ0n) is 12.4. The van der Waals surface area contributed by atoms with Gasteiger partial charge in [0.05, 0.1) is 7.11 Å². The Balaban J connectivity index is 2.04. The highest BCUT2D eigenvalue weighted by molar-refractivity contribution is 5.82. The number of fused-ring (bicyclic) bond motifs is 2. The highest BCUT2D eigenvalue weighted by Gasteiger charge is 2.34. The average molecular weight is 281 g/mol. The van der Waals surface area contributed by atoms with Gasteiger partial charge in [-0.15, -0.1) is 0 Å². The van der Waals surface area contributed by atoms with Gasteiger partial charge in [-0.25, -0.2) is 0 Å². The van der Waals surface area contributed by atoms with Gasteiger partial charge in [0.2, 0.25) is 0 Å². The van der Waals surface area contributed by atoms with Gasteiger partial charge in [0.1, 0.15) is 0 Å². The van der Waals surface area contributed by atoms with E-state index in [-0.39, 0.29) is 5.75 Å². The Labute approximate surface area is 124 Å². The van der Waals surface area contributed by atoms with Crippen molar-refractivity contribution in [1.82, 2.24) is 4.90 Å². The van der Waals surface area contributed by atoms with Crippen LogP contribution in [0.15, 0.2) is 30.3 Å². The number of ether oxygens (including phenoxy) is 1. The van der Waals surface area contributed by atoms with Crippen molar-refractivity contribution in [2.75, 3.05) is 20.7 Å². The van der Waals surface area contributed by atoms with Crippen LogP contribution in [0.5, 0.6) is 11.5 Å². The SMILES string of the molecule is COc1c(O)ccc2c1-c1cccc3c1[C@@H](C2)N(C)CC3. The summed E-state index contributed by atoms with van der Waals surface area (Å²) in [4.78, 5) is 2.44. The maximum absolute atomic E-state index is 10.1. The summed E-state index contributed by atoms with van der Waals surface area (Å²) >= 11 is 0. The van der Waals surface area contributed by atoms with Crippen LogP contribution in [-0.4, -0.2) is 30.7 Å². The number of rotatable bonds is 1. The molecular formula is C18H19NO2. The molecule has 21 heavy (non-hydrogen) atoms. The molecule has 0 fully saturated rings. The quantitative estimate of drug-likeness (QED) is 0.871. The van der Waals surface area contributed by atoms with Crippen LogP contribution in [0.25, 0.3) is 11.1 Å². The maximum Gasteiger partial charge on any atom is 0.168 e. The van der Waals surface area contributed by atoms with Gasteiger partial charge < -0.3 is 9.84 Å². The normalized spacial score (nSPS) is 19.8. The van der Waals surface area contributed by atoms with Gasteiger partial charge >= 0.3 is 0 Å². The lowest BCUT2D eigenvalue weighted by Crippen LogP contribution is -2.35. The second kappa shape index (κ2) is 4.50. The molecule has 0 saturated heterocycles. The average Bonchev–Trinajstić information content (AvgIpc) is 2.51. The fourth-order valence-corrected chi connectivity index (χ4v) is 3.87. The number of nitrogens with zero attached hydrogens (tertiary/aromatic N) is 1. The van der Waals surface area contributed by atoms with Crippen LogP contribution in [0.1, 0.15) is 22.7 Å². The van der Waals surface area contributed by atoms with Crippen molar-refractivity contribution in [3.63, 3.8) is 0 Å². The summed E-state index contributed by atoms with van der Waals surface area (Å²) in [6.45, 7) is 1.10. The second-order valence-corrected chi connectivity index (χ2v) is 5.98. The van der Waals surface area contributed by atoms with Crippen LogP contribution in [0.3, 0.4) is 0 Å². The van der Waals surface area contributed by atoms with E-state index in [1.807, 2.05) is 6.07 Å². The van der Waals surface area contributed by atoms with Crippen molar-refractivity contribution in [1.29, 1.82) is 0 Å². The predicted octanol–water partition coefficient (Wildman–Crippen LogP) is 3.15. The van der Waals surface area contributed by atoms with E-state index in [9.17, 15) is 5.11 Å². The summed E-state index contributed by atoms with van der Waals surface area (Å²) in [6, 6.07) is 10.7. The summed E-state index contributed by atoms with van der Waals surface area (Å²) in [5.41, 5.74) is 6.40. The molecule has 1 N–H and O–H groups in total. The van der Waals surface area contributed by atoms with Gasteiger partial charge in [0, 0.05) is 18.2 Å². The Morgan fingerprint density at radius 2 is 2.05 bits per heavy atom. The highest BCUT2D eigenvalue weighted by Crippen LogP contribution is 2.50. The zero-order chi connectivity index (χ0) is 14.6. The lowest BCUT2D eigenvalue weighted by Gasteiger charge is -2.40. The topological polar surface area (TPSA) is 32.7 Å². The van der Waals surface area contributed by atoms with Gasteiger partial charge in [-0.1, -0.05) is 24.3 Å². The first-order valence-electron chi connectivity index (χ1n) is 7.42. The third-order valence-corrected chi connectivity index (χ3v) is 4.91. The predicted molar refractivity (Wildman–Crippen MR) is 82.9 cm³/mol. The van der Waals surface area contributed by atoms with E-state index in [1.165, 1.54) is 22.3 Å². The highest BCUT2D eigenvalue weighted by atomic mass is 16.5. The lowest BCUT2D eigenvalue weighted by atomic mass is 9.77. The molecule has 0 unspecified atom stereocenters. The van der Waals surface area contributed by atoms with E-state index in [1.54, 1.807) is 13.2 Å². The molecule has 108 valence electrons. The third-order valence-electron chi connectivity index (χ3n) is 4.91. The molecule has 1 atom stereocenters. The molecule has 0 amide bonds. The number of hydrogen-bond donors (Lipinski definition) is 1. The fraction of sp³-hybridized carbons (Fsp3) is 0.333. The zero-order valence-corrected chi connectivity index (χ0v) is 12.4. The van der Waals surface area contributed by atoms with Gasteiger partial charge in [-0.2, -0.15) is 0 Å². The van der Waals surface area contributed by atoms with Gasteiger partial charge in [-0.05, 0) is 48.2 Å². The largest absolute Gasteiger partial charge is 0.504 e. The van der Waals surface area contributed by atoms with E-state index in [4.69, 9.17) is 4.74 Å². The van der Waals surface area contributed by atoms with Crippen LogP contribution >= 0.6 is 0 Å². The number of phenols is 1. The van der Waals surface area contributed by atoms with Crippen molar-refractivity contribution in [2.45, 2.75) is 18.9 Å². The Kier molecular flexibility index (Phi) is 2.73. The van der Waals surface area contributed by atoms with E-state index < -0.39 is 0 Å². The van der Waals surface area contributed by atoms with Gasteiger partial charge in [0.15, 0.2) is 11.5 Å². The molecule has 0 saturated carbocycles. The van der Waals surface area contributed by atoms with Crippen molar-refractivity contribution in [3.05, 3.63) is 47.0 Å². The number of aromatic hydroxyl groups is 1. The molecule has 1 aliphatic carbocycles. The molecule has 0 bridgehead atoms. The minimum absolute atomic E-state index is 0.219. The summed E-state index contributed by atoms with van der Waals surface area (Å²) in [6.07, 6.45) is 2.07. The van der Waals surface area contributed by atoms with Gasteiger partial charge in [-0.3, -0.25) is 4.90 Å². The van der Waals surface area contributed by atoms with Crippen molar-refractivity contribution >= 4 is 0 Å². The van der Waals surface area contributed by atoms with E-state index in [0.29, 0.717) is 11.8 Å². The van der Waals surface area contributed by atoms with E-state index >= 15 is 0 Å². The molecule has 2 aliphatic rings. The van der Waals surface area contributed by atoms with Crippen molar-refractivity contribution in [2.24, 2.45) is 0 Å². The van der Waals surface area contributed by atoms with Crippen LogP contribution in [-0.2, 0) is 12.8 Å². The summed E-state index contributed by atoms with van der Waals surface area (Å²) in [5, 5.41) is 10.1. The Bertz CT molecular complexity index is 723. The van der Waals surface area contributed by atoms with Crippen LogP contribution < -0.4 is 4.74 Å². The molecule has 0 aromatic heterocycles. The first kappa shape index (κ1) is 12.7. The first-order valence-corrected chi connectivity index (χ1v) is 7.42. The molecule has 2 aromatic rings. The van der Waals surface area contributed by atoms with Crippen molar-refractivity contribution < 1.29 is 9.84 Å². The standard InChI is InChI=1S/C18H19NO2/c1-19-9-8-11-4-3-5-13-16(11)14(19)10-12-6-7-15(20)18(21-2)17(12)13/h3-7,14,20H,8-10H2,1-2H3/t14-/m1/s1. The number of phenolic OH excluding ortho intramolecular Hbond substituents is 1. The summed E-state index contributed by atoms with van der Waals surface area (Å²) < 4.78 is 5.49. The van der Waals surface area contributed by atoms with Crippen LogP contribution in [0.2, 0.25) is 0 Å². The summed E-state index contributed by atoms with van der Waals surface area (Å²) in [7, 11) is 3.83. The van der Waals surface area contributed by atoms with Crippen LogP contribution in [0, 0.1) is 0 Å². The third kappa shape index (κ3) is 1.70. The number of hydrogen-bond acceptors (Lipinski definition) is 3. The number of likely N-dealkylation sites (N-methyl/N-ethyl adjacent to an activating group) is 1. The first-order chi connectivity index (χ1) is 10.2. The number of benzene rings is 2. The molecule has 1 aliphatic heterocycles. The number of methoxy groups -OCH3 is 1. The Morgan fingerprint density at radius 3 is 2.86 bits per heavy atom. The van der Waals surface area contributed by atoms with Crippen LogP contribution in [0.4, 0.5) is 0 Å². The second-order valence-electron chi connectivity index (χ2n) is 5.98. The molecule has 1 heterocycles. The molecule has 3 nitrogen and oxygen atoms in total. The van der Waals surface area contributed by atoms with E-state index in [0.717, 1.165) is 24.9 Å². The molecule has 4 rings (SSSR count). The maximum atomic E-state index is 10.1. The Morgan fingerprint density at radius 1 is 1.19 bits per heavy atom. The summed E-state index contributed by atoms with van der Waals surface area (Å²) in [5.74, 6) is 0.823. The van der Waals surface area contributed by atoms with E-state index in [2.05, 4.69) is 30.1 Å². The molecule has 2 aromatic carbocycles. The fourth-order valence-electron chi connectivity index (χ4n) is 3.87. The molecule has 3 heteroatoms. The Hall–Kier alpha value is -2.00. The smallest absolute Gasteiger partial charge is 0.168 e. The minimum atomic E-state index is 0.219. The monoisotopic (exact) mass is 281 g/mol. The minimum Gasteiger partial charge on any atom is -0.504 e. The van der Waals surface area contributed by atoms with Gasteiger partial charge in [0.25, 0.3) is 0 Å². The molecule has 0 radical (unpaired) electrons. The molecule has 0 spiro atoms. The lowest BCUT2D eigenvalue weighted by molar-refractivity contribution is 0.228. The molecular weight excluding hydrogens is 262 g/mol.